The van der Waals surface area contributed by atoms with E-state index in [1.807, 2.05) is 64.1 Å². The van der Waals surface area contributed by atoms with Gasteiger partial charge in [-0.25, -0.2) is 4.79 Å². The molecule has 4 aliphatic rings. The number of benzene rings is 1. The molecule has 1 aromatic carbocycles. The molecule has 12 heteroatoms. The van der Waals surface area contributed by atoms with E-state index < -0.39 is 59.8 Å². The molecular weight excluding hydrogens is 801 g/mol. The lowest BCUT2D eigenvalue weighted by atomic mass is 9.81. The largest absolute Gasteiger partial charge is 0.489 e. The van der Waals surface area contributed by atoms with Gasteiger partial charge in [0.25, 0.3) is 11.7 Å². The molecule has 1 saturated carbocycles. The molecule has 0 aromatic heterocycles. The fourth-order valence-corrected chi connectivity index (χ4v) is 10.4. The molecule has 5 rings (SSSR count). The number of para-hydroxylation sites is 1. The standard InChI is InChI=1S/C51H76N2O10/c1-10-24-52-40-22-21-37(31-43(40)61-39-17-13-12-14-18-39)29-35(6)46-34(5)20-23-42(54)38(11-2)27-32(3)26-33(4)28-44(59-8)47-45(60-9)30-36(7)51(58,63-47)48(55)49(56)53-25-16-15-19-41(53)50(57)62-46/h10,12-14,17-18,27,29,33-34,36-38,40-41,43-47,52,58H,1,11,15-16,19-26,28,30-31H2,2-9H3/b32-27+,35-29?. The molecule has 1 aromatic rings. The average molecular weight is 877 g/mol. The van der Waals surface area contributed by atoms with Crippen molar-refractivity contribution in [2.45, 2.75) is 167 Å². The summed E-state index contributed by atoms with van der Waals surface area (Å²) in [5.74, 6) is -5.30. The SMILES string of the molecule is C=CCNC1CCC(C=C(C)C2OC(=O)C3CCCCN3C(=O)C(=O)C3(O)OC(C(OC)CC(C)C/C(C)=C/C(CC)C(=O)CCC2C)C(OC)CC3C)CC1Oc1ccccc1. The van der Waals surface area contributed by atoms with Gasteiger partial charge in [0.1, 0.15) is 35.9 Å². The Morgan fingerprint density at radius 1 is 0.968 bits per heavy atom. The van der Waals surface area contributed by atoms with Crippen LogP contribution in [0.2, 0.25) is 0 Å². The molecule has 3 heterocycles. The van der Waals surface area contributed by atoms with Gasteiger partial charge in [0.15, 0.2) is 0 Å². The van der Waals surface area contributed by atoms with Crippen LogP contribution in [0.1, 0.15) is 119 Å². The maximum atomic E-state index is 14.5. The number of fused-ring (bicyclic) bond motifs is 3. The molecule has 3 fully saturated rings. The minimum Gasteiger partial charge on any atom is -0.489 e. The molecule has 63 heavy (non-hydrogen) atoms. The minimum absolute atomic E-state index is 0.0882. The van der Waals surface area contributed by atoms with Crippen molar-refractivity contribution in [2.24, 2.45) is 29.6 Å². The molecule has 2 N–H and O–H groups in total. The number of Topliss-reactive ketones (excluding diaryl/α,β-unsaturated/α-hetero) is 2. The van der Waals surface area contributed by atoms with Gasteiger partial charge in [0.05, 0.1) is 12.2 Å². The van der Waals surface area contributed by atoms with E-state index in [0.29, 0.717) is 57.9 Å². The Balaban J connectivity index is 1.49. The molecule has 3 aliphatic heterocycles. The van der Waals surface area contributed by atoms with Gasteiger partial charge in [-0.3, -0.25) is 14.4 Å². The molecule has 13 atom stereocenters. The number of hydrogen-bond donors (Lipinski definition) is 2. The first-order chi connectivity index (χ1) is 30.1. The Bertz CT molecular complexity index is 1760. The summed E-state index contributed by atoms with van der Waals surface area (Å²) in [4.78, 5) is 58.4. The van der Waals surface area contributed by atoms with Crippen LogP contribution in [0.15, 0.2) is 66.3 Å². The molecule has 0 radical (unpaired) electrons. The predicted octanol–water partition coefficient (Wildman–Crippen LogP) is 7.72. The third kappa shape index (κ3) is 12.8. The Hall–Kier alpha value is -3.68. The second kappa shape index (κ2) is 23.5. The van der Waals surface area contributed by atoms with Gasteiger partial charge >= 0.3 is 5.97 Å². The van der Waals surface area contributed by atoms with E-state index in [-0.39, 0.29) is 54.6 Å². The zero-order valence-electron chi connectivity index (χ0n) is 39.2. The Morgan fingerprint density at radius 3 is 2.37 bits per heavy atom. The molecular formula is C51H76N2O10. The van der Waals surface area contributed by atoms with Crippen LogP contribution in [0.4, 0.5) is 0 Å². The number of piperidine rings is 1. The maximum Gasteiger partial charge on any atom is 0.329 e. The number of aliphatic hydroxyl groups is 1. The van der Waals surface area contributed by atoms with Crippen LogP contribution in [-0.2, 0) is 38.1 Å². The summed E-state index contributed by atoms with van der Waals surface area (Å²) in [5.41, 5.74) is 1.95. The molecule has 1 amide bonds. The highest BCUT2D eigenvalue weighted by atomic mass is 16.7. The van der Waals surface area contributed by atoms with Crippen molar-refractivity contribution in [3.8, 4) is 5.75 Å². The highest BCUT2D eigenvalue weighted by Gasteiger charge is 2.56. The van der Waals surface area contributed by atoms with Gasteiger partial charge in [-0.05, 0) is 120 Å². The predicted molar refractivity (Wildman–Crippen MR) is 243 cm³/mol. The van der Waals surface area contributed by atoms with E-state index in [9.17, 15) is 24.3 Å². The van der Waals surface area contributed by atoms with Crippen molar-refractivity contribution in [3.05, 3.63) is 66.3 Å². The lowest BCUT2D eigenvalue weighted by Crippen LogP contribution is -2.64. The highest BCUT2D eigenvalue weighted by molar-refractivity contribution is 6.39. The summed E-state index contributed by atoms with van der Waals surface area (Å²) >= 11 is 0. The van der Waals surface area contributed by atoms with Crippen molar-refractivity contribution < 1.29 is 48.0 Å². The Kier molecular flexibility index (Phi) is 18.8. The van der Waals surface area contributed by atoms with Crippen LogP contribution in [-0.4, -0.2) is 109 Å². The summed E-state index contributed by atoms with van der Waals surface area (Å²) in [6.45, 7) is 16.5. The molecule has 1 aliphatic carbocycles. The van der Waals surface area contributed by atoms with Crippen LogP contribution in [0.3, 0.4) is 0 Å². The van der Waals surface area contributed by atoms with E-state index in [4.69, 9.17) is 23.7 Å². The van der Waals surface area contributed by atoms with E-state index in [0.717, 1.165) is 36.2 Å². The number of allylic oxidation sites excluding steroid dienone is 3. The van der Waals surface area contributed by atoms with Gasteiger partial charge in [0, 0.05) is 51.6 Å². The number of carbonyl (C=O) groups is 4. The second-order valence-corrected chi connectivity index (χ2v) is 19.0. The number of methoxy groups -OCH3 is 2. The quantitative estimate of drug-likeness (QED) is 0.135. The summed E-state index contributed by atoms with van der Waals surface area (Å²) in [6.07, 6.45) is 10.4. The number of nitrogens with zero attached hydrogens (tertiary/aromatic N) is 1. The summed E-state index contributed by atoms with van der Waals surface area (Å²) in [6, 6.07) is 8.90. The summed E-state index contributed by atoms with van der Waals surface area (Å²) < 4.78 is 31.2. The molecule has 0 spiro atoms. The molecule has 2 bridgehead atoms. The number of nitrogens with one attached hydrogen (secondary N) is 1. The first-order valence-corrected chi connectivity index (χ1v) is 23.6. The van der Waals surface area contributed by atoms with Crippen molar-refractivity contribution >= 4 is 23.4 Å². The van der Waals surface area contributed by atoms with Gasteiger partial charge in [-0.15, -0.1) is 6.58 Å². The third-order valence-electron chi connectivity index (χ3n) is 14.0. The number of rotatable bonds is 10. The lowest BCUT2D eigenvalue weighted by Gasteiger charge is -2.47. The van der Waals surface area contributed by atoms with Crippen LogP contribution in [0.25, 0.3) is 0 Å². The normalized spacial score (nSPS) is 36.9. The topological polar surface area (TPSA) is 150 Å². The first-order valence-electron chi connectivity index (χ1n) is 23.6. The lowest BCUT2D eigenvalue weighted by molar-refractivity contribution is -0.302. The first kappa shape index (κ1) is 50.3. The Morgan fingerprint density at radius 2 is 1.68 bits per heavy atom. The monoisotopic (exact) mass is 877 g/mol. The smallest absolute Gasteiger partial charge is 0.329 e. The van der Waals surface area contributed by atoms with Crippen molar-refractivity contribution in [3.63, 3.8) is 0 Å². The van der Waals surface area contributed by atoms with Gasteiger partial charge in [0.2, 0.25) is 5.79 Å². The molecule has 2 saturated heterocycles. The number of amides is 1. The number of esters is 1. The fourth-order valence-electron chi connectivity index (χ4n) is 10.4. The van der Waals surface area contributed by atoms with Crippen LogP contribution in [0.5, 0.6) is 5.75 Å². The number of hydrogen-bond acceptors (Lipinski definition) is 11. The van der Waals surface area contributed by atoms with Crippen LogP contribution >= 0.6 is 0 Å². The van der Waals surface area contributed by atoms with Crippen molar-refractivity contribution in [2.75, 3.05) is 27.3 Å². The number of ketones is 2. The third-order valence-corrected chi connectivity index (χ3v) is 14.0. The number of ether oxygens (including phenoxy) is 5. The zero-order valence-corrected chi connectivity index (χ0v) is 39.2. The van der Waals surface area contributed by atoms with E-state index in [1.165, 1.54) is 4.90 Å². The van der Waals surface area contributed by atoms with E-state index >= 15 is 0 Å². The van der Waals surface area contributed by atoms with Crippen molar-refractivity contribution in [1.29, 1.82) is 0 Å². The van der Waals surface area contributed by atoms with Gasteiger partial charge in [-0.2, -0.15) is 0 Å². The Labute approximate surface area is 376 Å². The number of carbonyl (C=O) groups excluding carboxylic acids is 4. The summed E-state index contributed by atoms with van der Waals surface area (Å²) in [7, 11) is 3.12. The molecule has 12 nitrogen and oxygen atoms in total. The van der Waals surface area contributed by atoms with E-state index in [1.54, 1.807) is 21.1 Å². The second-order valence-electron chi connectivity index (χ2n) is 19.0. The van der Waals surface area contributed by atoms with Gasteiger partial charge < -0.3 is 39.0 Å². The highest BCUT2D eigenvalue weighted by Crippen LogP contribution is 2.39. The minimum atomic E-state index is -2.47. The van der Waals surface area contributed by atoms with Crippen LogP contribution in [0, 0.1) is 29.6 Å². The molecule has 350 valence electrons. The fraction of sp³-hybridized carbons (Fsp3) is 0.686. The number of cyclic esters (lactones) is 1. The van der Waals surface area contributed by atoms with Crippen molar-refractivity contribution in [1.82, 2.24) is 10.2 Å². The average Bonchev–Trinajstić information content (AvgIpc) is 3.28. The van der Waals surface area contributed by atoms with Gasteiger partial charge in [-0.1, -0.05) is 69.7 Å². The van der Waals surface area contributed by atoms with Crippen LogP contribution < -0.4 is 10.1 Å². The zero-order chi connectivity index (χ0) is 45.8. The molecule has 13 unspecified atom stereocenters. The maximum absolute atomic E-state index is 14.5. The summed E-state index contributed by atoms with van der Waals surface area (Å²) in [5, 5.41) is 15.7. The van der Waals surface area contributed by atoms with E-state index in [2.05, 4.69) is 31.0 Å².